The first-order chi connectivity index (χ1) is 15.6. The fourth-order valence-corrected chi connectivity index (χ4v) is 3.09. The van der Waals surface area contributed by atoms with Gasteiger partial charge in [0.05, 0.1) is 7.11 Å². The van der Waals surface area contributed by atoms with Crippen LogP contribution in [0, 0.1) is 11.3 Å². The fraction of sp³-hybridized carbons (Fsp3) is 0.240. The Morgan fingerprint density at radius 1 is 1.19 bits per heavy atom. The third kappa shape index (κ3) is 6.22. The summed E-state index contributed by atoms with van der Waals surface area (Å²) < 4.78 is 16.0. The molecule has 32 heavy (non-hydrogen) atoms. The van der Waals surface area contributed by atoms with Crippen LogP contribution in [0.4, 0.5) is 0 Å². The highest BCUT2D eigenvalue weighted by Gasteiger charge is 2.09. The molecule has 0 spiro atoms. The average Bonchev–Trinajstić information content (AvgIpc) is 3.30. The largest absolute Gasteiger partial charge is 0.493 e. The Kier molecular flexibility index (Phi) is 8.04. The van der Waals surface area contributed by atoms with Crippen LogP contribution in [0.5, 0.6) is 11.5 Å². The Hall–Kier alpha value is -4.05. The van der Waals surface area contributed by atoms with E-state index < -0.39 is 0 Å². The van der Waals surface area contributed by atoms with Gasteiger partial charge in [0.25, 0.3) is 0 Å². The van der Waals surface area contributed by atoms with Crippen molar-refractivity contribution in [1.29, 1.82) is 5.26 Å². The molecule has 0 unspecified atom stereocenters. The van der Waals surface area contributed by atoms with Gasteiger partial charge in [0.1, 0.15) is 17.5 Å². The molecule has 7 heteroatoms. The molecule has 0 fully saturated rings. The smallest absolute Gasteiger partial charge is 0.246 e. The molecule has 0 N–H and O–H groups in total. The van der Waals surface area contributed by atoms with Gasteiger partial charge < -0.3 is 18.9 Å². The minimum absolute atomic E-state index is 0.0591. The number of ether oxygens (including phenoxy) is 2. The average molecular weight is 431 g/mol. The number of nitriles is 1. The highest BCUT2D eigenvalue weighted by atomic mass is 16.5. The molecule has 0 aliphatic carbocycles. The second kappa shape index (κ2) is 11.4. The van der Waals surface area contributed by atoms with Crippen LogP contribution in [0.3, 0.4) is 0 Å². The minimum Gasteiger partial charge on any atom is -0.493 e. The number of amides is 1. The van der Waals surface area contributed by atoms with E-state index in [0.29, 0.717) is 24.5 Å². The van der Waals surface area contributed by atoms with Gasteiger partial charge in [0.15, 0.2) is 18.1 Å². The lowest BCUT2D eigenvalue weighted by Gasteiger charge is -2.14. The molecule has 3 rings (SSSR count). The van der Waals surface area contributed by atoms with Crippen LogP contribution in [0.25, 0.3) is 17.3 Å². The first kappa shape index (κ1) is 22.6. The quantitative estimate of drug-likeness (QED) is 0.443. The van der Waals surface area contributed by atoms with Gasteiger partial charge in [-0.3, -0.25) is 4.79 Å². The van der Waals surface area contributed by atoms with Gasteiger partial charge in [0.2, 0.25) is 5.91 Å². The van der Waals surface area contributed by atoms with Gasteiger partial charge >= 0.3 is 0 Å². The number of aromatic nitrogens is 1. The molecule has 1 aromatic heterocycles. The van der Waals surface area contributed by atoms with Crippen molar-refractivity contribution in [2.75, 3.05) is 27.3 Å². The van der Waals surface area contributed by atoms with Crippen LogP contribution in [-0.2, 0) is 11.2 Å². The third-order valence-electron chi connectivity index (χ3n) is 4.82. The molecule has 0 atom stereocenters. The topological polar surface area (TPSA) is 88.6 Å². The number of rotatable bonds is 10. The third-order valence-corrected chi connectivity index (χ3v) is 4.82. The van der Waals surface area contributed by atoms with Gasteiger partial charge in [-0.2, -0.15) is 5.26 Å². The zero-order chi connectivity index (χ0) is 22.8. The number of methoxy groups -OCH3 is 1. The van der Waals surface area contributed by atoms with Gasteiger partial charge in [-0.1, -0.05) is 41.6 Å². The molecule has 1 heterocycles. The number of hydrogen-bond donors (Lipinski definition) is 0. The number of aryl methyl sites for hydroxylation is 1. The van der Waals surface area contributed by atoms with E-state index in [0.717, 1.165) is 29.0 Å². The predicted molar refractivity (Wildman–Crippen MR) is 121 cm³/mol. The van der Waals surface area contributed by atoms with E-state index in [1.54, 1.807) is 36.2 Å². The zero-order valence-electron chi connectivity index (χ0n) is 18.2. The summed E-state index contributed by atoms with van der Waals surface area (Å²) in [5.74, 6) is 1.69. The van der Waals surface area contributed by atoms with Crippen LogP contribution >= 0.6 is 0 Å². The van der Waals surface area contributed by atoms with Gasteiger partial charge in [0, 0.05) is 37.7 Å². The monoisotopic (exact) mass is 431 g/mol. The molecule has 0 saturated carbocycles. The molecule has 0 aliphatic rings. The van der Waals surface area contributed by atoms with Gasteiger partial charge in [-0.05, 0) is 30.2 Å². The summed E-state index contributed by atoms with van der Waals surface area (Å²) in [6.07, 6.45) is 4.70. The normalized spacial score (nSPS) is 10.7. The van der Waals surface area contributed by atoms with Crippen molar-refractivity contribution in [3.05, 3.63) is 72.0 Å². The molecule has 1 amide bonds. The van der Waals surface area contributed by atoms with E-state index in [9.17, 15) is 4.79 Å². The number of carbonyl (C=O) groups is 1. The Balaban J connectivity index is 1.49. The molecule has 164 valence electrons. The maximum Gasteiger partial charge on any atom is 0.246 e. The van der Waals surface area contributed by atoms with Crippen LogP contribution in [-0.4, -0.2) is 43.3 Å². The molecular formula is C25H25N3O4. The summed E-state index contributed by atoms with van der Waals surface area (Å²) in [5.41, 5.74) is 2.62. The Bertz CT molecular complexity index is 1100. The van der Waals surface area contributed by atoms with E-state index in [1.807, 2.05) is 42.5 Å². The minimum atomic E-state index is -0.101. The Morgan fingerprint density at radius 3 is 2.75 bits per heavy atom. The Morgan fingerprint density at radius 2 is 2.00 bits per heavy atom. The lowest BCUT2D eigenvalue weighted by atomic mass is 10.1. The Labute approximate surface area is 187 Å². The standard InChI is InChI=1S/C25H25N3O4/c1-28(15-6-9-21-18-22(27-32-21)20-7-4-3-5-8-20)25(29)13-11-19-10-12-23(31-16-14-26)24(17-19)30-2/h3-5,7-8,10-13,17-18H,6,9,15-16H2,1-2H3/b13-11+. The van der Waals surface area contributed by atoms with Crippen molar-refractivity contribution < 1.29 is 18.8 Å². The van der Waals surface area contributed by atoms with E-state index in [4.69, 9.17) is 19.3 Å². The molecule has 0 radical (unpaired) electrons. The van der Waals surface area contributed by atoms with Crippen LogP contribution in [0.1, 0.15) is 17.7 Å². The van der Waals surface area contributed by atoms with Gasteiger partial charge in [-0.25, -0.2) is 0 Å². The number of nitrogens with zero attached hydrogens (tertiary/aromatic N) is 3. The lowest BCUT2D eigenvalue weighted by molar-refractivity contribution is -0.124. The molecule has 2 aromatic carbocycles. The van der Waals surface area contributed by atoms with E-state index >= 15 is 0 Å². The lowest BCUT2D eigenvalue weighted by Crippen LogP contribution is -2.26. The van der Waals surface area contributed by atoms with E-state index in [1.165, 1.54) is 13.2 Å². The van der Waals surface area contributed by atoms with Crippen molar-refractivity contribution in [3.63, 3.8) is 0 Å². The highest BCUT2D eigenvalue weighted by molar-refractivity contribution is 5.91. The van der Waals surface area contributed by atoms with Crippen molar-refractivity contribution >= 4 is 12.0 Å². The fourth-order valence-electron chi connectivity index (χ4n) is 3.09. The van der Waals surface area contributed by atoms with E-state index in [-0.39, 0.29) is 12.5 Å². The second-order valence-electron chi connectivity index (χ2n) is 7.10. The molecule has 0 bridgehead atoms. The predicted octanol–water partition coefficient (Wildman–Crippen LogP) is 4.36. The SMILES string of the molecule is COc1cc(/C=C/C(=O)N(C)CCCc2cc(-c3ccccc3)no2)ccc1OCC#N. The highest BCUT2D eigenvalue weighted by Crippen LogP contribution is 2.28. The number of benzene rings is 2. The van der Waals surface area contributed by atoms with Crippen LogP contribution < -0.4 is 9.47 Å². The summed E-state index contributed by atoms with van der Waals surface area (Å²) in [4.78, 5) is 14.1. The van der Waals surface area contributed by atoms with Crippen molar-refractivity contribution in [2.24, 2.45) is 0 Å². The molecule has 0 aliphatic heterocycles. The first-order valence-electron chi connectivity index (χ1n) is 10.2. The van der Waals surface area contributed by atoms with Crippen molar-refractivity contribution in [2.45, 2.75) is 12.8 Å². The number of likely N-dealkylation sites (N-methyl/N-ethyl adjacent to an activating group) is 1. The second-order valence-corrected chi connectivity index (χ2v) is 7.10. The van der Waals surface area contributed by atoms with Crippen LogP contribution in [0.2, 0.25) is 0 Å². The molecule has 0 saturated heterocycles. The summed E-state index contributed by atoms with van der Waals surface area (Å²) in [6.45, 7) is 0.533. The van der Waals surface area contributed by atoms with Crippen LogP contribution in [0.15, 0.2) is 65.2 Å². The summed E-state index contributed by atoms with van der Waals surface area (Å²) in [6, 6.07) is 19.0. The van der Waals surface area contributed by atoms with E-state index in [2.05, 4.69) is 5.16 Å². The maximum absolute atomic E-state index is 12.4. The molecule has 7 nitrogen and oxygen atoms in total. The summed E-state index contributed by atoms with van der Waals surface area (Å²) >= 11 is 0. The molecule has 3 aromatic rings. The van der Waals surface area contributed by atoms with Crippen molar-refractivity contribution in [3.8, 4) is 28.8 Å². The first-order valence-corrected chi connectivity index (χ1v) is 10.2. The summed E-state index contributed by atoms with van der Waals surface area (Å²) in [7, 11) is 3.29. The maximum atomic E-state index is 12.4. The summed E-state index contributed by atoms with van der Waals surface area (Å²) in [5, 5.41) is 12.8. The molecular weight excluding hydrogens is 406 g/mol. The zero-order valence-corrected chi connectivity index (χ0v) is 18.2. The number of carbonyl (C=O) groups excluding carboxylic acids is 1. The van der Waals surface area contributed by atoms with Crippen molar-refractivity contribution in [1.82, 2.24) is 10.1 Å². The number of hydrogen-bond acceptors (Lipinski definition) is 6. The van der Waals surface area contributed by atoms with Gasteiger partial charge in [-0.15, -0.1) is 0 Å².